The van der Waals surface area contributed by atoms with Gasteiger partial charge < -0.3 is 10.1 Å². The van der Waals surface area contributed by atoms with Crippen molar-refractivity contribution in [3.63, 3.8) is 0 Å². The highest BCUT2D eigenvalue weighted by Crippen LogP contribution is 2.27. The van der Waals surface area contributed by atoms with E-state index in [1.54, 1.807) is 0 Å². The second-order valence-corrected chi connectivity index (χ2v) is 7.81. The van der Waals surface area contributed by atoms with Crippen molar-refractivity contribution in [1.29, 1.82) is 0 Å². The van der Waals surface area contributed by atoms with Crippen LogP contribution < -0.4 is 5.32 Å². The van der Waals surface area contributed by atoms with E-state index in [4.69, 9.17) is 4.74 Å². The van der Waals surface area contributed by atoms with Gasteiger partial charge in [0.05, 0.1) is 19.4 Å². The molecule has 0 spiro atoms. The third kappa shape index (κ3) is 5.93. The summed E-state index contributed by atoms with van der Waals surface area (Å²) in [6, 6.07) is 5.83. The highest BCUT2D eigenvalue weighted by atomic mass is 32.2. The van der Waals surface area contributed by atoms with E-state index in [1.165, 1.54) is 7.11 Å². The van der Waals surface area contributed by atoms with Gasteiger partial charge in [-0.05, 0) is 24.0 Å². The molecule has 0 bridgehead atoms. The fourth-order valence-corrected chi connectivity index (χ4v) is 2.99. The number of rotatable bonds is 8. The lowest BCUT2D eigenvalue weighted by molar-refractivity contribution is -0.116. The SMILES string of the molecule is COCCN(CC(=O)Nc1c(C)cccc1C(C)C)S(C)(=O)=O. The highest BCUT2D eigenvalue weighted by molar-refractivity contribution is 7.88. The number of methoxy groups -OCH3 is 1. The van der Waals surface area contributed by atoms with Crippen LogP contribution in [-0.4, -0.2) is 51.7 Å². The van der Waals surface area contributed by atoms with E-state index in [0.717, 1.165) is 27.4 Å². The van der Waals surface area contributed by atoms with E-state index in [1.807, 2.05) is 39.0 Å². The van der Waals surface area contributed by atoms with Crippen LogP contribution in [0.15, 0.2) is 18.2 Å². The molecule has 0 aliphatic heterocycles. The van der Waals surface area contributed by atoms with Gasteiger partial charge in [0, 0.05) is 19.3 Å². The van der Waals surface area contributed by atoms with Crippen LogP contribution in [0.3, 0.4) is 0 Å². The first-order valence-corrected chi connectivity index (χ1v) is 9.35. The lowest BCUT2D eigenvalue weighted by Crippen LogP contribution is -2.39. The number of para-hydroxylation sites is 1. The quantitative estimate of drug-likeness (QED) is 0.784. The Morgan fingerprint density at radius 2 is 2.00 bits per heavy atom. The average molecular weight is 342 g/mol. The lowest BCUT2D eigenvalue weighted by atomic mass is 9.98. The molecule has 0 atom stereocenters. The number of carbonyl (C=O) groups is 1. The van der Waals surface area contributed by atoms with Crippen molar-refractivity contribution in [2.45, 2.75) is 26.7 Å². The van der Waals surface area contributed by atoms with E-state index in [0.29, 0.717) is 0 Å². The van der Waals surface area contributed by atoms with Gasteiger partial charge in [-0.2, -0.15) is 4.31 Å². The van der Waals surface area contributed by atoms with Crippen LogP contribution in [0.25, 0.3) is 0 Å². The third-order valence-corrected chi connectivity index (χ3v) is 4.77. The number of nitrogens with zero attached hydrogens (tertiary/aromatic N) is 1. The predicted molar refractivity (Wildman–Crippen MR) is 92.2 cm³/mol. The maximum absolute atomic E-state index is 12.3. The Kier molecular flexibility index (Phi) is 7.18. The predicted octanol–water partition coefficient (Wildman–Crippen LogP) is 1.96. The number of amides is 1. The van der Waals surface area contributed by atoms with Gasteiger partial charge in [-0.25, -0.2) is 8.42 Å². The van der Waals surface area contributed by atoms with Crippen LogP contribution in [-0.2, 0) is 19.6 Å². The van der Waals surface area contributed by atoms with E-state index < -0.39 is 10.0 Å². The van der Waals surface area contributed by atoms with Gasteiger partial charge in [0.1, 0.15) is 0 Å². The zero-order valence-electron chi connectivity index (χ0n) is 14.4. The fraction of sp³-hybridized carbons (Fsp3) is 0.562. The van der Waals surface area contributed by atoms with Crippen LogP contribution in [0.5, 0.6) is 0 Å². The fourth-order valence-electron chi connectivity index (χ4n) is 2.24. The number of ether oxygens (including phenoxy) is 1. The van der Waals surface area contributed by atoms with Crippen molar-refractivity contribution in [3.05, 3.63) is 29.3 Å². The summed E-state index contributed by atoms with van der Waals surface area (Å²) in [5, 5.41) is 2.85. The standard InChI is InChI=1S/C16H26N2O4S/c1-12(2)14-8-6-7-13(3)16(14)17-15(19)11-18(9-10-22-4)23(5,20)21/h6-8,12H,9-11H2,1-5H3,(H,17,19). The van der Waals surface area contributed by atoms with Gasteiger partial charge in [-0.15, -0.1) is 0 Å². The smallest absolute Gasteiger partial charge is 0.239 e. The van der Waals surface area contributed by atoms with Gasteiger partial charge >= 0.3 is 0 Å². The molecule has 0 fully saturated rings. The number of sulfonamides is 1. The van der Waals surface area contributed by atoms with Crippen LogP contribution in [0, 0.1) is 6.92 Å². The van der Waals surface area contributed by atoms with Crippen LogP contribution in [0.1, 0.15) is 30.9 Å². The molecule has 6 nitrogen and oxygen atoms in total. The molecule has 0 radical (unpaired) electrons. The van der Waals surface area contributed by atoms with Crippen LogP contribution in [0.2, 0.25) is 0 Å². The molecule has 0 unspecified atom stereocenters. The van der Waals surface area contributed by atoms with E-state index in [9.17, 15) is 13.2 Å². The first-order chi connectivity index (χ1) is 10.7. The summed E-state index contributed by atoms with van der Waals surface area (Å²) in [7, 11) is -1.98. The molecule has 130 valence electrons. The Morgan fingerprint density at radius 3 is 2.52 bits per heavy atom. The first kappa shape index (κ1) is 19.6. The summed E-state index contributed by atoms with van der Waals surface area (Å²) >= 11 is 0. The van der Waals surface area contributed by atoms with Crippen molar-refractivity contribution in [3.8, 4) is 0 Å². The molecule has 0 aliphatic rings. The minimum Gasteiger partial charge on any atom is -0.383 e. The normalized spacial score (nSPS) is 12.0. The van der Waals surface area contributed by atoms with E-state index in [-0.39, 0.29) is 31.5 Å². The number of nitrogens with one attached hydrogen (secondary N) is 1. The minimum atomic E-state index is -3.47. The Hall–Kier alpha value is -1.44. The molecule has 0 aromatic heterocycles. The van der Waals surface area contributed by atoms with Crippen molar-refractivity contribution in [2.24, 2.45) is 0 Å². The highest BCUT2D eigenvalue weighted by Gasteiger charge is 2.21. The van der Waals surface area contributed by atoms with Crippen LogP contribution >= 0.6 is 0 Å². The summed E-state index contributed by atoms with van der Waals surface area (Å²) < 4.78 is 29.5. The number of carbonyl (C=O) groups excluding carboxylic acids is 1. The Labute approximate surface area is 138 Å². The number of hydrogen-bond donors (Lipinski definition) is 1. The average Bonchev–Trinajstić information content (AvgIpc) is 2.44. The summed E-state index contributed by atoms with van der Waals surface area (Å²) in [5.74, 6) is -0.104. The first-order valence-electron chi connectivity index (χ1n) is 7.50. The molecule has 0 saturated heterocycles. The molecule has 1 amide bonds. The second kappa shape index (κ2) is 8.42. The Bertz CT molecular complexity index is 641. The molecule has 0 saturated carbocycles. The topological polar surface area (TPSA) is 75.7 Å². The van der Waals surface area contributed by atoms with E-state index in [2.05, 4.69) is 5.32 Å². The van der Waals surface area contributed by atoms with Gasteiger partial charge in [0.25, 0.3) is 0 Å². The van der Waals surface area contributed by atoms with Crippen molar-refractivity contribution in [1.82, 2.24) is 4.31 Å². The minimum absolute atomic E-state index is 0.146. The maximum atomic E-state index is 12.3. The molecule has 0 heterocycles. The number of benzene rings is 1. The molecule has 1 aromatic carbocycles. The number of hydrogen-bond acceptors (Lipinski definition) is 4. The zero-order valence-corrected chi connectivity index (χ0v) is 15.2. The van der Waals surface area contributed by atoms with Crippen molar-refractivity contribution in [2.75, 3.05) is 38.4 Å². The van der Waals surface area contributed by atoms with Crippen molar-refractivity contribution < 1.29 is 17.9 Å². The monoisotopic (exact) mass is 342 g/mol. The summed E-state index contributed by atoms with van der Waals surface area (Å²) in [4.78, 5) is 12.3. The summed E-state index contributed by atoms with van der Waals surface area (Å²) in [6.45, 7) is 6.17. The zero-order chi connectivity index (χ0) is 17.6. The third-order valence-electron chi connectivity index (χ3n) is 3.53. The molecule has 0 aliphatic carbocycles. The molecular weight excluding hydrogens is 316 g/mol. The summed E-state index contributed by atoms with van der Waals surface area (Å²) in [5.41, 5.74) is 2.74. The summed E-state index contributed by atoms with van der Waals surface area (Å²) in [6.07, 6.45) is 1.09. The van der Waals surface area contributed by atoms with Gasteiger partial charge in [-0.1, -0.05) is 32.0 Å². The second-order valence-electron chi connectivity index (χ2n) is 5.83. The maximum Gasteiger partial charge on any atom is 0.239 e. The van der Waals surface area contributed by atoms with Gasteiger partial charge in [0.2, 0.25) is 15.9 Å². The van der Waals surface area contributed by atoms with Crippen LogP contribution in [0.4, 0.5) is 5.69 Å². The lowest BCUT2D eigenvalue weighted by Gasteiger charge is -2.21. The number of anilines is 1. The van der Waals surface area contributed by atoms with E-state index >= 15 is 0 Å². The molecule has 7 heteroatoms. The molecule has 23 heavy (non-hydrogen) atoms. The number of aryl methyl sites for hydroxylation is 1. The van der Waals surface area contributed by atoms with Gasteiger partial charge in [-0.3, -0.25) is 4.79 Å². The Morgan fingerprint density at radius 1 is 1.35 bits per heavy atom. The molecular formula is C16H26N2O4S. The Balaban J connectivity index is 2.91. The molecule has 1 N–H and O–H groups in total. The molecule has 1 aromatic rings. The largest absolute Gasteiger partial charge is 0.383 e. The molecule has 1 rings (SSSR count). The van der Waals surface area contributed by atoms with Crippen molar-refractivity contribution >= 4 is 21.6 Å². The van der Waals surface area contributed by atoms with Gasteiger partial charge in [0.15, 0.2) is 0 Å².